The van der Waals surface area contributed by atoms with Crippen LogP contribution in [-0.4, -0.2) is 36.6 Å². The zero-order valence-electron chi connectivity index (χ0n) is 5.67. The van der Waals surface area contributed by atoms with Gasteiger partial charge in [0.2, 0.25) is 0 Å². The lowest BCUT2D eigenvalue weighted by Gasteiger charge is -2.12. The van der Waals surface area contributed by atoms with Crippen molar-refractivity contribution < 1.29 is 18.4 Å². The molecule has 0 aromatic rings. The van der Waals surface area contributed by atoms with Crippen molar-refractivity contribution in [3.63, 3.8) is 0 Å². The summed E-state index contributed by atoms with van der Waals surface area (Å²) in [4.78, 5) is 15.4. The molecule has 0 aliphatic carbocycles. The van der Waals surface area contributed by atoms with E-state index in [-0.39, 0.29) is 6.61 Å². The van der Waals surface area contributed by atoms with Gasteiger partial charge in [-0.3, -0.25) is 9.63 Å². The zero-order valence-corrected chi connectivity index (χ0v) is 5.67. The molecular formula is C5H8F2N2O2. The van der Waals surface area contributed by atoms with E-state index >= 15 is 0 Å². The molecule has 1 heterocycles. The molecule has 0 spiro atoms. The Bertz CT molecular complexity index is 165. The molecule has 4 nitrogen and oxygen atoms in total. The second kappa shape index (κ2) is 3.10. The first kappa shape index (κ1) is 8.35. The molecule has 0 saturated carbocycles. The number of carbonyl (C=O) groups is 1. The quantitative estimate of drug-likeness (QED) is 0.593. The molecule has 1 fully saturated rings. The molecule has 0 unspecified atom stereocenters. The van der Waals surface area contributed by atoms with Crippen molar-refractivity contribution in [3.05, 3.63) is 0 Å². The molecule has 1 rings (SSSR count). The Hall–Kier alpha value is -0.750. The van der Waals surface area contributed by atoms with Gasteiger partial charge in [0.05, 0.1) is 6.61 Å². The molecule has 1 amide bonds. The number of nitrogens with zero attached hydrogens (tertiary/aromatic N) is 1. The Kier molecular flexibility index (Phi) is 2.35. The van der Waals surface area contributed by atoms with Crippen molar-refractivity contribution in [1.29, 1.82) is 0 Å². The molecule has 1 aliphatic rings. The van der Waals surface area contributed by atoms with E-state index in [0.717, 1.165) is 0 Å². The van der Waals surface area contributed by atoms with E-state index in [1.807, 2.05) is 0 Å². The van der Waals surface area contributed by atoms with Crippen LogP contribution in [0.15, 0.2) is 0 Å². The largest absolute Gasteiger partial charge is 0.318 e. The maximum absolute atomic E-state index is 11.7. The molecule has 1 saturated heterocycles. The van der Waals surface area contributed by atoms with Gasteiger partial charge in [-0.05, 0) is 0 Å². The van der Waals surface area contributed by atoms with E-state index in [4.69, 9.17) is 5.73 Å². The molecule has 0 radical (unpaired) electrons. The normalized spacial score (nSPS) is 25.3. The maximum atomic E-state index is 11.7. The van der Waals surface area contributed by atoms with Gasteiger partial charge in [-0.25, -0.2) is 13.8 Å². The summed E-state index contributed by atoms with van der Waals surface area (Å²) in [6.07, 6.45) is -2.58. The zero-order chi connectivity index (χ0) is 8.43. The summed E-state index contributed by atoms with van der Waals surface area (Å²) in [5.41, 5.74) is 5.18. The third-order valence-electron chi connectivity index (χ3n) is 1.28. The van der Waals surface area contributed by atoms with Crippen LogP contribution in [0.3, 0.4) is 0 Å². The monoisotopic (exact) mass is 166 g/mol. The average molecular weight is 166 g/mol. The van der Waals surface area contributed by atoms with Gasteiger partial charge < -0.3 is 5.73 Å². The van der Waals surface area contributed by atoms with Crippen LogP contribution in [0.1, 0.15) is 0 Å². The van der Waals surface area contributed by atoms with E-state index < -0.39 is 24.9 Å². The van der Waals surface area contributed by atoms with Crippen molar-refractivity contribution in [2.75, 3.05) is 13.2 Å². The van der Waals surface area contributed by atoms with Crippen LogP contribution in [0.25, 0.3) is 0 Å². The lowest BCUT2D eigenvalue weighted by Crippen LogP contribution is -2.36. The summed E-state index contributed by atoms with van der Waals surface area (Å²) < 4.78 is 23.3. The van der Waals surface area contributed by atoms with Crippen LogP contribution in [0.4, 0.5) is 8.78 Å². The summed E-state index contributed by atoms with van der Waals surface area (Å²) in [5, 5.41) is 0.606. The van der Waals surface area contributed by atoms with E-state index in [0.29, 0.717) is 5.06 Å². The highest BCUT2D eigenvalue weighted by molar-refractivity contribution is 5.82. The number of hydrogen-bond donors (Lipinski definition) is 1. The summed E-state index contributed by atoms with van der Waals surface area (Å²) in [7, 11) is 0. The predicted octanol–water partition coefficient (Wildman–Crippen LogP) is -0.647. The summed E-state index contributed by atoms with van der Waals surface area (Å²) in [6, 6.07) is -0.784. The van der Waals surface area contributed by atoms with Crippen molar-refractivity contribution in [1.82, 2.24) is 5.06 Å². The number of amides is 1. The van der Waals surface area contributed by atoms with Gasteiger partial charge in [0.1, 0.15) is 12.6 Å². The Labute approximate surface area is 61.9 Å². The number of nitrogens with two attached hydrogens (primary N) is 1. The standard InChI is InChI=1S/C5H8F2N2O2/c6-4(7)1-9-5(10)3(8)2-11-9/h3-4H,1-2,8H2/t3-/m1/s1. The van der Waals surface area contributed by atoms with Crippen molar-refractivity contribution in [3.8, 4) is 0 Å². The van der Waals surface area contributed by atoms with Crippen LogP contribution in [0.2, 0.25) is 0 Å². The Morgan fingerprint density at radius 2 is 2.45 bits per heavy atom. The number of rotatable bonds is 2. The Balaban J connectivity index is 2.42. The molecule has 0 aromatic heterocycles. The van der Waals surface area contributed by atoms with Crippen LogP contribution in [0.5, 0.6) is 0 Å². The number of hydrogen-bond acceptors (Lipinski definition) is 3. The molecule has 1 atom stereocenters. The van der Waals surface area contributed by atoms with Crippen molar-refractivity contribution >= 4 is 5.91 Å². The lowest BCUT2D eigenvalue weighted by atomic mass is 10.3. The first-order chi connectivity index (χ1) is 5.11. The highest BCUT2D eigenvalue weighted by Gasteiger charge is 2.31. The molecule has 1 aliphatic heterocycles. The molecule has 11 heavy (non-hydrogen) atoms. The van der Waals surface area contributed by atoms with Gasteiger partial charge in [0.25, 0.3) is 12.3 Å². The topological polar surface area (TPSA) is 55.6 Å². The van der Waals surface area contributed by atoms with Gasteiger partial charge in [-0.1, -0.05) is 0 Å². The number of halogens is 2. The van der Waals surface area contributed by atoms with Gasteiger partial charge in [-0.15, -0.1) is 0 Å². The lowest BCUT2D eigenvalue weighted by molar-refractivity contribution is -0.169. The maximum Gasteiger partial charge on any atom is 0.265 e. The first-order valence-electron chi connectivity index (χ1n) is 3.09. The van der Waals surface area contributed by atoms with Crippen molar-refractivity contribution in [2.45, 2.75) is 12.5 Å². The summed E-state index contributed by atoms with van der Waals surface area (Å²) in [6.45, 7) is -0.710. The number of carbonyl (C=O) groups excluding carboxylic acids is 1. The second-order valence-corrected chi connectivity index (χ2v) is 2.19. The van der Waals surface area contributed by atoms with Crippen LogP contribution in [-0.2, 0) is 9.63 Å². The number of alkyl halides is 2. The van der Waals surface area contributed by atoms with Crippen molar-refractivity contribution in [2.24, 2.45) is 5.73 Å². The first-order valence-corrected chi connectivity index (χ1v) is 3.09. The molecular weight excluding hydrogens is 158 g/mol. The Morgan fingerprint density at radius 1 is 1.82 bits per heavy atom. The van der Waals surface area contributed by atoms with Crippen LogP contribution >= 0.6 is 0 Å². The second-order valence-electron chi connectivity index (χ2n) is 2.19. The van der Waals surface area contributed by atoms with E-state index in [1.54, 1.807) is 0 Å². The number of hydroxylamine groups is 2. The van der Waals surface area contributed by atoms with E-state index in [1.165, 1.54) is 0 Å². The minimum absolute atomic E-state index is 0.00838. The smallest absolute Gasteiger partial charge is 0.265 e. The predicted molar refractivity (Wildman–Crippen MR) is 31.6 cm³/mol. The third kappa shape index (κ3) is 1.84. The molecule has 6 heteroatoms. The molecule has 2 N–H and O–H groups in total. The van der Waals surface area contributed by atoms with Crippen LogP contribution in [0, 0.1) is 0 Å². The van der Waals surface area contributed by atoms with Gasteiger partial charge in [-0.2, -0.15) is 0 Å². The third-order valence-corrected chi connectivity index (χ3v) is 1.28. The van der Waals surface area contributed by atoms with Gasteiger partial charge in [0.15, 0.2) is 0 Å². The molecule has 64 valence electrons. The van der Waals surface area contributed by atoms with Gasteiger partial charge in [0, 0.05) is 0 Å². The minimum atomic E-state index is -2.58. The minimum Gasteiger partial charge on any atom is -0.318 e. The van der Waals surface area contributed by atoms with E-state index in [2.05, 4.69) is 4.84 Å². The molecule has 0 bridgehead atoms. The fraction of sp³-hybridized carbons (Fsp3) is 0.800. The SMILES string of the molecule is N[C@@H]1CON(CC(F)F)C1=O. The van der Waals surface area contributed by atoms with Crippen LogP contribution < -0.4 is 5.73 Å². The average Bonchev–Trinajstić information content (AvgIpc) is 2.18. The highest BCUT2D eigenvalue weighted by atomic mass is 19.3. The fourth-order valence-corrected chi connectivity index (χ4v) is 0.758. The Morgan fingerprint density at radius 3 is 2.82 bits per heavy atom. The molecule has 0 aromatic carbocycles. The fourth-order valence-electron chi connectivity index (χ4n) is 0.758. The highest BCUT2D eigenvalue weighted by Crippen LogP contribution is 2.08. The van der Waals surface area contributed by atoms with E-state index in [9.17, 15) is 13.6 Å². The summed E-state index contributed by atoms with van der Waals surface area (Å²) in [5.74, 6) is -0.578. The summed E-state index contributed by atoms with van der Waals surface area (Å²) >= 11 is 0. The van der Waals surface area contributed by atoms with Gasteiger partial charge >= 0.3 is 0 Å².